The molecule has 0 radical (unpaired) electrons. The lowest BCUT2D eigenvalue weighted by molar-refractivity contribution is 0.144. The van der Waals surface area contributed by atoms with E-state index in [9.17, 15) is 8.78 Å². The molecule has 1 saturated carbocycles. The molecule has 1 heterocycles. The molecule has 1 aromatic heterocycles. The minimum Gasteiger partial charge on any atom is -0.272 e. The van der Waals surface area contributed by atoms with Crippen molar-refractivity contribution in [3.8, 4) is 0 Å². The van der Waals surface area contributed by atoms with Crippen LogP contribution in [0.25, 0.3) is 0 Å². The van der Waals surface area contributed by atoms with Crippen LogP contribution in [0, 0.1) is 5.92 Å². The third kappa shape index (κ3) is 2.57. The Kier molecular flexibility index (Phi) is 5.29. The van der Waals surface area contributed by atoms with Gasteiger partial charge >= 0.3 is 0 Å². The molecular weight excluding hydrogens is 234 g/mol. The molecule has 2 aliphatic rings. The average molecular weight is 258 g/mol. The van der Waals surface area contributed by atoms with Gasteiger partial charge in [-0.05, 0) is 25.2 Å². The fourth-order valence-corrected chi connectivity index (χ4v) is 2.73. The number of alkyl halides is 2. The van der Waals surface area contributed by atoms with Crippen molar-refractivity contribution in [3.63, 3.8) is 0 Å². The van der Waals surface area contributed by atoms with Crippen LogP contribution in [0.2, 0.25) is 0 Å². The Balaban J connectivity index is 0.000000371. The second-order valence-electron chi connectivity index (χ2n) is 4.31. The minimum absolute atomic E-state index is 0.0212. The summed E-state index contributed by atoms with van der Waals surface area (Å²) in [6, 6.07) is 0. The number of nitrogens with zero attached hydrogens (tertiary/aromatic N) is 2. The summed E-state index contributed by atoms with van der Waals surface area (Å²) in [5, 5.41) is 3.94. The van der Waals surface area contributed by atoms with E-state index in [0.717, 1.165) is 30.0 Å². The number of halogens is 2. The first-order valence-corrected chi connectivity index (χ1v) is 7.02. The molecule has 18 heavy (non-hydrogen) atoms. The molecule has 0 amide bonds. The van der Waals surface area contributed by atoms with E-state index < -0.39 is 6.43 Å². The molecule has 0 bridgehead atoms. The van der Waals surface area contributed by atoms with Crippen LogP contribution in [0.5, 0.6) is 0 Å². The smallest absolute Gasteiger partial charge is 0.272 e. The highest BCUT2D eigenvalue weighted by molar-refractivity contribution is 5.36. The highest BCUT2D eigenvalue weighted by atomic mass is 19.3. The first-order valence-electron chi connectivity index (χ1n) is 7.02. The number of aromatic nitrogens is 2. The zero-order valence-electron chi connectivity index (χ0n) is 12.0. The number of aryl methyl sites for hydroxylation is 1. The standard InChI is InChI=1S/C10H12F2N2.2C2H6/c1-14-9-6(8(13-14)10(11)12)3-2-5-4-7(5)9;2*1-2/h5,7,10H,2-4H2,1H3;2*1-2H3. The predicted octanol–water partition coefficient (Wildman–Crippen LogP) is 4.46. The van der Waals surface area contributed by atoms with Crippen molar-refractivity contribution in [2.45, 2.75) is 59.3 Å². The van der Waals surface area contributed by atoms with Gasteiger partial charge in [0.25, 0.3) is 6.43 Å². The van der Waals surface area contributed by atoms with Crippen molar-refractivity contribution in [2.24, 2.45) is 13.0 Å². The van der Waals surface area contributed by atoms with Crippen molar-refractivity contribution in [1.82, 2.24) is 9.78 Å². The monoisotopic (exact) mass is 258 g/mol. The summed E-state index contributed by atoms with van der Waals surface area (Å²) in [4.78, 5) is 0. The third-order valence-electron chi connectivity index (χ3n) is 3.47. The molecule has 104 valence electrons. The molecule has 0 saturated heterocycles. The van der Waals surface area contributed by atoms with E-state index in [1.165, 1.54) is 6.42 Å². The highest BCUT2D eigenvalue weighted by Crippen LogP contribution is 2.55. The lowest BCUT2D eigenvalue weighted by Gasteiger charge is -2.11. The number of fused-ring (bicyclic) bond motifs is 3. The van der Waals surface area contributed by atoms with Gasteiger partial charge in [-0.1, -0.05) is 27.7 Å². The molecule has 0 aromatic carbocycles. The van der Waals surface area contributed by atoms with Crippen LogP contribution in [0.15, 0.2) is 0 Å². The summed E-state index contributed by atoms with van der Waals surface area (Å²) in [6.45, 7) is 8.00. The summed E-state index contributed by atoms with van der Waals surface area (Å²) in [5.74, 6) is 1.28. The van der Waals surface area contributed by atoms with Crippen molar-refractivity contribution in [1.29, 1.82) is 0 Å². The molecule has 1 aromatic rings. The lowest BCUT2D eigenvalue weighted by atomic mass is 9.96. The summed E-state index contributed by atoms with van der Waals surface area (Å²) in [6.07, 6.45) is 0.628. The fourth-order valence-electron chi connectivity index (χ4n) is 2.73. The van der Waals surface area contributed by atoms with E-state index in [4.69, 9.17) is 0 Å². The predicted molar refractivity (Wildman–Crippen MR) is 70.0 cm³/mol. The lowest BCUT2D eigenvalue weighted by Crippen LogP contribution is -2.05. The molecule has 2 atom stereocenters. The van der Waals surface area contributed by atoms with Gasteiger partial charge in [0.1, 0.15) is 5.69 Å². The Labute approximate surface area is 108 Å². The van der Waals surface area contributed by atoms with Gasteiger partial charge in [-0.2, -0.15) is 5.10 Å². The zero-order valence-corrected chi connectivity index (χ0v) is 12.0. The van der Waals surface area contributed by atoms with Crippen LogP contribution < -0.4 is 0 Å². The van der Waals surface area contributed by atoms with E-state index in [1.807, 2.05) is 27.7 Å². The van der Waals surface area contributed by atoms with Gasteiger partial charge in [0.2, 0.25) is 0 Å². The minimum atomic E-state index is -2.42. The quantitative estimate of drug-likeness (QED) is 0.727. The van der Waals surface area contributed by atoms with Gasteiger partial charge in [0.15, 0.2) is 0 Å². The van der Waals surface area contributed by atoms with Gasteiger partial charge in [0, 0.05) is 24.2 Å². The van der Waals surface area contributed by atoms with Crippen LogP contribution in [-0.4, -0.2) is 9.78 Å². The zero-order chi connectivity index (χ0) is 13.9. The Morgan fingerprint density at radius 1 is 1.22 bits per heavy atom. The molecule has 3 rings (SSSR count). The third-order valence-corrected chi connectivity index (χ3v) is 3.47. The Morgan fingerprint density at radius 3 is 2.39 bits per heavy atom. The van der Waals surface area contributed by atoms with E-state index in [0.29, 0.717) is 5.92 Å². The van der Waals surface area contributed by atoms with E-state index in [-0.39, 0.29) is 5.69 Å². The number of rotatable bonds is 1. The summed E-state index contributed by atoms with van der Waals surface area (Å²) >= 11 is 0. The van der Waals surface area contributed by atoms with E-state index in [1.54, 1.807) is 11.7 Å². The van der Waals surface area contributed by atoms with E-state index >= 15 is 0 Å². The molecule has 4 heteroatoms. The van der Waals surface area contributed by atoms with Crippen molar-refractivity contribution in [3.05, 3.63) is 17.0 Å². The van der Waals surface area contributed by atoms with Gasteiger partial charge in [0.05, 0.1) is 0 Å². The molecule has 0 N–H and O–H groups in total. The second-order valence-corrected chi connectivity index (χ2v) is 4.31. The van der Waals surface area contributed by atoms with Gasteiger partial charge in [-0.25, -0.2) is 8.78 Å². The molecular formula is C14H24F2N2. The Bertz CT molecular complexity index is 385. The molecule has 2 aliphatic carbocycles. The van der Waals surface area contributed by atoms with Gasteiger partial charge in [-0.15, -0.1) is 0 Å². The molecule has 1 fully saturated rings. The maximum absolute atomic E-state index is 12.6. The largest absolute Gasteiger partial charge is 0.282 e. The van der Waals surface area contributed by atoms with Crippen LogP contribution in [0.3, 0.4) is 0 Å². The first kappa shape index (κ1) is 15.1. The Hall–Kier alpha value is -0.930. The molecule has 0 spiro atoms. The summed E-state index contributed by atoms with van der Waals surface area (Å²) < 4.78 is 26.9. The fraction of sp³-hybridized carbons (Fsp3) is 0.786. The number of hydrogen-bond donors (Lipinski definition) is 0. The second kappa shape index (κ2) is 6.30. The molecule has 2 nitrogen and oxygen atoms in total. The number of hydrogen-bond acceptors (Lipinski definition) is 1. The first-order chi connectivity index (χ1) is 8.68. The topological polar surface area (TPSA) is 17.8 Å². The maximum atomic E-state index is 12.6. The van der Waals surface area contributed by atoms with Crippen LogP contribution in [-0.2, 0) is 13.5 Å². The molecule has 0 aliphatic heterocycles. The van der Waals surface area contributed by atoms with Crippen molar-refractivity contribution >= 4 is 0 Å². The van der Waals surface area contributed by atoms with E-state index in [2.05, 4.69) is 5.10 Å². The van der Waals surface area contributed by atoms with Crippen LogP contribution in [0.4, 0.5) is 8.78 Å². The van der Waals surface area contributed by atoms with Gasteiger partial charge < -0.3 is 0 Å². The Morgan fingerprint density at radius 2 is 1.83 bits per heavy atom. The average Bonchev–Trinajstić information content (AvgIpc) is 3.11. The van der Waals surface area contributed by atoms with Crippen molar-refractivity contribution < 1.29 is 8.78 Å². The molecule has 2 unspecified atom stereocenters. The normalized spacial score (nSPS) is 23.1. The summed E-state index contributed by atoms with van der Waals surface area (Å²) in [7, 11) is 1.78. The maximum Gasteiger partial charge on any atom is 0.282 e. The SMILES string of the molecule is CC.CC.Cn1nc(C(F)F)c2c1C1CC1CC2. The highest BCUT2D eigenvalue weighted by Gasteiger charge is 2.46. The van der Waals surface area contributed by atoms with Crippen molar-refractivity contribution in [2.75, 3.05) is 0 Å². The van der Waals surface area contributed by atoms with Crippen LogP contribution >= 0.6 is 0 Å². The van der Waals surface area contributed by atoms with Crippen LogP contribution in [0.1, 0.15) is 69.8 Å². The summed E-state index contributed by atoms with van der Waals surface area (Å²) in [5.41, 5.74) is 1.94. The van der Waals surface area contributed by atoms with Gasteiger partial charge in [-0.3, -0.25) is 4.68 Å².